The van der Waals surface area contributed by atoms with Crippen LogP contribution >= 0.6 is 0 Å². The highest BCUT2D eigenvalue weighted by molar-refractivity contribution is 6.49. The zero-order valence-corrected chi connectivity index (χ0v) is 14.6. The van der Waals surface area contributed by atoms with Gasteiger partial charge < -0.3 is 14.8 Å². The van der Waals surface area contributed by atoms with Crippen molar-refractivity contribution in [3.63, 3.8) is 0 Å². The monoisotopic (exact) mass is 343 g/mol. The number of fused-ring (bicyclic) bond motifs is 3. The lowest BCUT2D eigenvalue weighted by Gasteiger charge is -2.37. The third kappa shape index (κ3) is 1.77. The number of carbonyl (C=O) groups is 3. The fourth-order valence-corrected chi connectivity index (χ4v) is 4.63. The first kappa shape index (κ1) is 16.1. The van der Waals surface area contributed by atoms with Gasteiger partial charge in [-0.05, 0) is 30.4 Å². The van der Waals surface area contributed by atoms with E-state index in [0.29, 0.717) is 43.2 Å². The molecule has 3 aliphatic rings. The number of nitrogens with one attached hydrogen (secondary N) is 1. The molecular weight excluding hydrogens is 322 g/mol. The Balaban J connectivity index is 1.67. The second-order valence-corrected chi connectivity index (χ2v) is 7.83. The first-order valence-corrected chi connectivity index (χ1v) is 8.54. The molecule has 2 atom stereocenters. The van der Waals surface area contributed by atoms with Gasteiger partial charge in [0.2, 0.25) is 17.5 Å². The van der Waals surface area contributed by atoms with Gasteiger partial charge in [0.25, 0.3) is 0 Å². The Labute approximate surface area is 145 Å². The van der Waals surface area contributed by atoms with Crippen molar-refractivity contribution >= 4 is 23.2 Å². The Kier molecular flexibility index (Phi) is 3.12. The molecule has 0 unspecified atom stereocenters. The topological polar surface area (TPSA) is 81.7 Å². The highest BCUT2D eigenvalue weighted by atomic mass is 16.6. The summed E-state index contributed by atoms with van der Waals surface area (Å²) in [5.41, 5.74) is -2.26. The number of hydrogen-bond donors (Lipinski definition) is 1. The molecule has 1 heterocycles. The molecule has 1 aliphatic heterocycles. The van der Waals surface area contributed by atoms with Crippen LogP contribution in [-0.4, -0.2) is 30.7 Å². The maximum atomic E-state index is 13.1. The van der Waals surface area contributed by atoms with Crippen molar-refractivity contribution in [3.05, 3.63) is 18.2 Å². The molecule has 1 aromatic carbocycles. The van der Waals surface area contributed by atoms with E-state index in [1.54, 1.807) is 25.1 Å². The molecule has 2 saturated carbocycles. The van der Waals surface area contributed by atoms with Crippen LogP contribution in [0.1, 0.15) is 33.6 Å². The van der Waals surface area contributed by atoms with Crippen molar-refractivity contribution in [2.45, 2.75) is 33.6 Å². The molecule has 1 aromatic rings. The Morgan fingerprint density at radius 2 is 1.68 bits per heavy atom. The van der Waals surface area contributed by atoms with Crippen molar-refractivity contribution in [1.82, 2.24) is 0 Å². The van der Waals surface area contributed by atoms with Gasteiger partial charge in [-0.3, -0.25) is 14.4 Å². The van der Waals surface area contributed by atoms with E-state index in [-0.39, 0.29) is 0 Å². The Morgan fingerprint density at radius 1 is 1.00 bits per heavy atom. The lowest BCUT2D eigenvalue weighted by Crippen LogP contribution is -2.47. The molecule has 6 nitrogen and oxygen atoms in total. The number of amides is 1. The van der Waals surface area contributed by atoms with Crippen LogP contribution in [0.15, 0.2) is 18.2 Å². The number of rotatable bonds is 2. The summed E-state index contributed by atoms with van der Waals surface area (Å²) >= 11 is 0. The third-order valence-corrected chi connectivity index (χ3v) is 6.73. The predicted molar refractivity (Wildman–Crippen MR) is 89.6 cm³/mol. The van der Waals surface area contributed by atoms with Gasteiger partial charge in [0.15, 0.2) is 11.5 Å². The minimum Gasteiger partial charge on any atom is -0.486 e. The highest BCUT2D eigenvalue weighted by Gasteiger charge is 2.77. The van der Waals surface area contributed by atoms with Crippen molar-refractivity contribution in [2.75, 3.05) is 18.5 Å². The van der Waals surface area contributed by atoms with E-state index in [0.717, 1.165) is 0 Å². The lowest BCUT2D eigenvalue weighted by molar-refractivity contribution is -0.147. The van der Waals surface area contributed by atoms with Crippen LogP contribution in [0.25, 0.3) is 0 Å². The Morgan fingerprint density at radius 3 is 2.32 bits per heavy atom. The van der Waals surface area contributed by atoms with Gasteiger partial charge in [-0.25, -0.2) is 0 Å². The van der Waals surface area contributed by atoms with Crippen LogP contribution < -0.4 is 14.8 Å². The van der Waals surface area contributed by atoms with E-state index < -0.39 is 33.7 Å². The third-order valence-electron chi connectivity index (χ3n) is 6.73. The normalized spacial score (nSPS) is 32.0. The Bertz CT molecular complexity index is 814. The smallest absolute Gasteiger partial charge is 0.239 e. The van der Waals surface area contributed by atoms with Gasteiger partial charge in [0.05, 0.1) is 0 Å². The van der Waals surface area contributed by atoms with Gasteiger partial charge in [0, 0.05) is 17.2 Å². The molecule has 25 heavy (non-hydrogen) atoms. The average Bonchev–Trinajstić information content (AvgIpc) is 2.86. The molecule has 6 heteroatoms. The number of carbonyl (C=O) groups excluding carboxylic acids is 3. The Hall–Kier alpha value is -2.37. The van der Waals surface area contributed by atoms with E-state index in [1.807, 2.05) is 13.8 Å². The fourth-order valence-electron chi connectivity index (χ4n) is 4.63. The standard InChI is InChI=1S/C19H21NO5/c1-17(2)18(3)6-7-19(17,15(22)14(18)21)16(23)20-11-4-5-12-13(10-11)25-9-8-24-12/h4-5,10H,6-9H2,1-3H3,(H,20,23)/t18-,19-/m0/s1. The van der Waals surface area contributed by atoms with E-state index in [1.165, 1.54) is 0 Å². The molecule has 4 rings (SSSR count). The minimum absolute atomic E-state index is 0.400. The largest absolute Gasteiger partial charge is 0.486 e. The SMILES string of the molecule is CC1(C)[C@@]2(C(=O)Nc3ccc4c(c3)OCCO4)CC[C@@]1(C)C(=O)C2=O. The molecule has 2 bridgehead atoms. The fraction of sp³-hybridized carbons (Fsp3) is 0.526. The predicted octanol–water partition coefficient (Wildman–Crippen LogP) is 2.36. The second-order valence-electron chi connectivity index (χ2n) is 7.83. The van der Waals surface area contributed by atoms with Gasteiger partial charge in [0.1, 0.15) is 18.6 Å². The average molecular weight is 343 g/mol. The molecule has 2 aliphatic carbocycles. The molecule has 0 aromatic heterocycles. The van der Waals surface area contributed by atoms with Crippen LogP contribution in [0.5, 0.6) is 11.5 Å². The summed E-state index contributed by atoms with van der Waals surface area (Å²) in [7, 11) is 0. The van der Waals surface area contributed by atoms with Crippen LogP contribution in [0, 0.1) is 16.2 Å². The summed E-state index contributed by atoms with van der Waals surface area (Å²) in [6, 6.07) is 5.13. The van der Waals surface area contributed by atoms with Crippen LogP contribution in [0.3, 0.4) is 0 Å². The van der Waals surface area contributed by atoms with Crippen molar-refractivity contribution in [1.29, 1.82) is 0 Å². The summed E-state index contributed by atoms with van der Waals surface area (Å²) in [5, 5.41) is 2.83. The summed E-state index contributed by atoms with van der Waals surface area (Å²) in [4.78, 5) is 38.3. The number of anilines is 1. The first-order chi connectivity index (χ1) is 11.7. The first-order valence-electron chi connectivity index (χ1n) is 8.54. The van der Waals surface area contributed by atoms with Crippen molar-refractivity contribution in [3.8, 4) is 11.5 Å². The maximum Gasteiger partial charge on any atom is 0.239 e. The maximum absolute atomic E-state index is 13.1. The highest BCUT2D eigenvalue weighted by Crippen LogP contribution is 2.69. The number of Topliss-reactive ketones (excluding diaryl/α,β-unsaturated/α-hetero) is 2. The van der Waals surface area contributed by atoms with E-state index in [9.17, 15) is 14.4 Å². The van der Waals surface area contributed by atoms with Crippen molar-refractivity contribution in [2.24, 2.45) is 16.2 Å². The zero-order chi connectivity index (χ0) is 18.0. The molecule has 0 saturated heterocycles. The summed E-state index contributed by atoms with van der Waals surface area (Å²) in [6.45, 7) is 6.45. The van der Waals surface area contributed by atoms with E-state index in [4.69, 9.17) is 9.47 Å². The molecule has 1 amide bonds. The van der Waals surface area contributed by atoms with Crippen LogP contribution in [0.2, 0.25) is 0 Å². The number of ketones is 2. The summed E-state index contributed by atoms with van der Waals surface area (Å²) in [5.74, 6) is -0.190. The quantitative estimate of drug-likeness (QED) is 0.658. The summed E-state index contributed by atoms with van der Waals surface area (Å²) < 4.78 is 11.0. The van der Waals surface area contributed by atoms with Gasteiger partial charge in [-0.2, -0.15) is 0 Å². The van der Waals surface area contributed by atoms with Crippen LogP contribution in [-0.2, 0) is 14.4 Å². The molecule has 0 radical (unpaired) electrons. The van der Waals surface area contributed by atoms with Crippen LogP contribution in [0.4, 0.5) is 5.69 Å². The number of benzene rings is 1. The minimum atomic E-state index is -1.30. The van der Waals surface area contributed by atoms with Gasteiger partial charge in [-0.1, -0.05) is 20.8 Å². The number of hydrogen-bond acceptors (Lipinski definition) is 5. The molecule has 132 valence electrons. The van der Waals surface area contributed by atoms with Gasteiger partial charge in [-0.15, -0.1) is 0 Å². The van der Waals surface area contributed by atoms with E-state index in [2.05, 4.69) is 5.32 Å². The zero-order valence-electron chi connectivity index (χ0n) is 14.6. The van der Waals surface area contributed by atoms with E-state index >= 15 is 0 Å². The molecule has 2 fully saturated rings. The summed E-state index contributed by atoms with van der Waals surface area (Å²) in [6.07, 6.45) is 0.955. The molecule has 0 spiro atoms. The molecular formula is C19H21NO5. The van der Waals surface area contributed by atoms with Crippen molar-refractivity contribution < 1.29 is 23.9 Å². The molecule has 1 N–H and O–H groups in total. The lowest BCUT2D eigenvalue weighted by atomic mass is 9.64. The second kappa shape index (κ2) is 4.84. The number of ether oxygens (including phenoxy) is 2. The van der Waals surface area contributed by atoms with Gasteiger partial charge >= 0.3 is 0 Å².